The number of amides is 2. The molecule has 2 aromatic carbocycles. The lowest BCUT2D eigenvalue weighted by Gasteiger charge is -2.35. The summed E-state index contributed by atoms with van der Waals surface area (Å²) < 4.78 is 11.8. The van der Waals surface area contributed by atoms with Gasteiger partial charge in [0.25, 0.3) is 0 Å². The molecule has 1 saturated heterocycles. The van der Waals surface area contributed by atoms with Gasteiger partial charge in [-0.25, -0.2) is 4.79 Å². The van der Waals surface area contributed by atoms with Crippen LogP contribution in [0.1, 0.15) is 37.7 Å². The molecule has 0 saturated carbocycles. The molecule has 0 bridgehead atoms. The molecule has 1 fully saturated rings. The molecule has 2 amide bonds. The number of aryl methyl sites for hydroxylation is 1. The van der Waals surface area contributed by atoms with Crippen LogP contribution in [0.2, 0.25) is 0 Å². The molecule has 0 aliphatic carbocycles. The predicted octanol–water partition coefficient (Wildman–Crippen LogP) is 5.27. The van der Waals surface area contributed by atoms with Gasteiger partial charge in [0.05, 0.1) is 18.8 Å². The van der Waals surface area contributed by atoms with Gasteiger partial charge in [-0.1, -0.05) is 43.3 Å². The number of nitrogens with one attached hydrogen (secondary N) is 1. The Morgan fingerprint density at radius 1 is 1.09 bits per heavy atom. The van der Waals surface area contributed by atoms with Crippen LogP contribution in [0.15, 0.2) is 52.9 Å². The number of nitrogens with zero attached hydrogens (tertiary/aromatic N) is 2. The van der Waals surface area contributed by atoms with Crippen molar-refractivity contribution in [3.05, 3.63) is 65.4 Å². The second-order valence-electron chi connectivity index (χ2n) is 8.75. The molecule has 2 atom stereocenters. The summed E-state index contributed by atoms with van der Waals surface area (Å²) in [5, 5.41) is 4.19. The van der Waals surface area contributed by atoms with Crippen LogP contribution in [0, 0.1) is 0 Å². The Morgan fingerprint density at radius 3 is 2.53 bits per heavy atom. The van der Waals surface area contributed by atoms with Gasteiger partial charge < -0.3 is 19.4 Å². The number of anilines is 1. The number of fused-ring (bicyclic) bond motifs is 1. The van der Waals surface area contributed by atoms with Crippen LogP contribution in [0.25, 0.3) is 11.0 Å². The molecule has 0 radical (unpaired) electrons. The van der Waals surface area contributed by atoms with Gasteiger partial charge in [0.2, 0.25) is 0 Å². The van der Waals surface area contributed by atoms with Gasteiger partial charge in [0, 0.05) is 49.7 Å². The zero-order chi connectivity index (χ0) is 22.7. The second kappa shape index (κ2) is 9.76. The lowest BCUT2D eigenvalue weighted by Crippen LogP contribution is -2.45. The summed E-state index contributed by atoms with van der Waals surface area (Å²) in [6.45, 7) is 9.34. The summed E-state index contributed by atoms with van der Waals surface area (Å²) in [5.74, 6) is 0.932. The van der Waals surface area contributed by atoms with Gasteiger partial charge in [-0.3, -0.25) is 4.90 Å². The van der Waals surface area contributed by atoms with Crippen LogP contribution < -0.4 is 5.32 Å². The topological polar surface area (TPSA) is 58.0 Å². The fourth-order valence-electron chi connectivity index (χ4n) is 4.56. The minimum atomic E-state index is -0.131. The number of para-hydroxylation sites is 2. The van der Waals surface area contributed by atoms with Gasteiger partial charge in [0.1, 0.15) is 11.3 Å². The first kappa shape index (κ1) is 22.4. The average molecular weight is 436 g/mol. The molecule has 1 aliphatic rings. The first-order valence-electron chi connectivity index (χ1n) is 11.4. The quantitative estimate of drug-likeness (QED) is 0.573. The smallest absolute Gasteiger partial charge is 0.321 e. The third-order valence-corrected chi connectivity index (χ3v) is 5.99. The molecule has 32 heavy (non-hydrogen) atoms. The normalized spacial score (nSPS) is 19.2. The Kier molecular flexibility index (Phi) is 6.82. The fourth-order valence-corrected chi connectivity index (χ4v) is 4.56. The Labute approximate surface area is 190 Å². The van der Waals surface area contributed by atoms with Crippen molar-refractivity contribution in [2.24, 2.45) is 0 Å². The highest BCUT2D eigenvalue weighted by Gasteiger charge is 2.23. The van der Waals surface area contributed by atoms with E-state index in [1.165, 1.54) is 0 Å². The van der Waals surface area contributed by atoms with Crippen molar-refractivity contribution in [1.29, 1.82) is 0 Å². The Hall–Kier alpha value is -2.83. The average Bonchev–Trinajstić information content (AvgIpc) is 3.12. The summed E-state index contributed by atoms with van der Waals surface area (Å²) in [7, 11) is 1.82. The maximum absolute atomic E-state index is 13.1. The molecule has 1 N–H and O–H groups in total. The first-order chi connectivity index (χ1) is 15.4. The van der Waals surface area contributed by atoms with Crippen LogP contribution in [0.4, 0.5) is 10.5 Å². The molecule has 1 aromatic heterocycles. The summed E-state index contributed by atoms with van der Waals surface area (Å²) in [5.41, 5.74) is 3.90. The van der Waals surface area contributed by atoms with E-state index in [-0.39, 0.29) is 18.2 Å². The van der Waals surface area contributed by atoms with E-state index in [9.17, 15) is 4.79 Å². The highest BCUT2D eigenvalue weighted by molar-refractivity contribution is 5.90. The van der Waals surface area contributed by atoms with Gasteiger partial charge in [-0.2, -0.15) is 0 Å². The highest BCUT2D eigenvalue weighted by Crippen LogP contribution is 2.28. The summed E-state index contributed by atoms with van der Waals surface area (Å²) in [6.07, 6.45) is 1.21. The number of urea groups is 1. The van der Waals surface area contributed by atoms with Crippen molar-refractivity contribution < 1.29 is 13.9 Å². The van der Waals surface area contributed by atoms with E-state index in [4.69, 9.17) is 9.15 Å². The van der Waals surface area contributed by atoms with Gasteiger partial charge in [-0.05, 0) is 31.5 Å². The molecule has 0 spiro atoms. The predicted molar refractivity (Wildman–Crippen MR) is 128 cm³/mol. The van der Waals surface area contributed by atoms with E-state index in [2.05, 4.69) is 43.1 Å². The third-order valence-electron chi connectivity index (χ3n) is 5.99. The third kappa shape index (κ3) is 4.97. The van der Waals surface area contributed by atoms with Crippen LogP contribution in [0.3, 0.4) is 0 Å². The largest absolute Gasteiger partial charge is 0.461 e. The number of benzene rings is 2. The van der Waals surface area contributed by atoms with E-state index < -0.39 is 0 Å². The maximum atomic E-state index is 13.1. The fraction of sp³-hybridized carbons (Fsp3) is 0.423. The highest BCUT2D eigenvalue weighted by atomic mass is 16.5. The number of carbonyl (C=O) groups is 1. The Balaban J connectivity index is 1.46. The van der Waals surface area contributed by atoms with E-state index in [1.807, 2.05) is 43.4 Å². The molecular weight excluding hydrogens is 402 g/mol. The molecule has 6 heteroatoms. The van der Waals surface area contributed by atoms with E-state index in [1.54, 1.807) is 4.90 Å². The zero-order valence-electron chi connectivity index (χ0n) is 19.4. The number of carbonyl (C=O) groups excluding carboxylic acids is 1. The number of rotatable bonds is 6. The number of hydrogen-bond donors (Lipinski definition) is 1. The summed E-state index contributed by atoms with van der Waals surface area (Å²) in [6, 6.07) is 15.9. The number of hydrogen-bond acceptors (Lipinski definition) is 4. The Morgan fingerprint density at radius 2 is 1.78 bits per heavy atom. The lowest BCUT2D eigenvalue weighted by molar-refractivity contribution is -0.0704. The lowest BCUT2D eigenvalue weighted by atomic mass is 10.1. The van der Waals surface area contributed by atoms with Crippen molar-refractivity contribution >= 4 is 22.7 Å². The molecule has 3 aromatic rings. The molecular formula is C26H33N3O3. The zero-order valence-corrected chi connectivity index (χ0v) is 19.4. The second-order valence-corrected chi connectivity index (χ2v) is 8.75. The van der Waals surface area contributed by atoms with Crippen molar-refractivity contribution in [2.45, 2.75) is 52.5 Å². The van der Waals surface area contributed by atoms with Crippen molar-refractivity contribution in [1.82, 2.24) is 9.80 Å². The van der Waals surface area contributed by atoms with Crippen LogP contribution in [-0.2, 0) is 24.2 Å². The van der Waals surface area contributed by atoms with Gasteiger partial charge in [0.15, 0.2) is 0 Å². The van der Waals surface area contributed by atoms with Gasteiger partial charge >= 0.3 is 6.03 Å². The SMILES string of the molecule is CCc1oc2ccccc2c1CN(C)C(=O)Nc1ccccc1CN1CC(C)OC(C)C1. The molecule has 1 aliphatic heterocycles. The summed E-state index contributed by atoms with van der Waals surface area (Å²) >= 11 is 0. The van der Waals surface area contributed by atoms with Gasteiger partial charge in [-0.15, -0.1) is 0 Å². The van der Waals surface area contributed by atoms with Crippen molar-refractivity contribution in [2.75, 3.05) is 25.5 Å². The van der Waals surface area contributed by atoms with E-state index in [0.29, 0.717) is 6.54 Å². The Bertz CT molecular complexity index is 1070. The van der Waals surface area contributed by atoms with Crippen molar-refractivity contribution in [3.8, 4) is 0 Å². The van der Waals surface area contributed by atoms with E-state index in [0.717, 1.165) is 59.6 Å². The molecule has 2 heterocycles. The van der Waals surface area contributed by atoms with Crippen LogP contribution in [-0.4, -0.2) is 48.2 Å². The summed E-state index contributed by atoms with van der Waals surface area (Å²) in [4.78, 5) is 17.2. The number of morpholine rings is 1. The van der Waals surface area contributed by atoms with Crippen LogP contribution >= 0.6 is 0 Å². The monoisotopic (exact) mass is 435 g/mol. The van der Waals surface area contributed by atoms with E-state index >= 15 is 0 Å². The standard InChI is InChI=1S/C26H33N3O3/c1-5-24-22(21-11-7-9-13-25(21)32-24)17-28(4)26(30)27-23-12-8-6-10-20(23)16-29-14-18(2)31-19(3)15-29/h6-13,18-19H,5,14-17H2,1-4H3,(H,27,30). The van der Waals surface area contributed by atoms with Crippen LogP contribution in [0.5, 0.6) is 0 Å². The molecule has 170 valence electrons. The first-order valence-corrected chi connectivity index (χ1v) is 11.4. The molecule has 2 unspecified atom stereocenters. The number of furan rings is 1. The maximum Gasteiger partial charge on any atom is 0.321 e. The molecule has 4 rings (SSSR count). The van der Waals surface area contributed by atoms with Crippen molar-refractivity contribution in [3.63, 3.8) is 0 Å². The minimum absolute atomic E-state index is 0.131. The minimum Gasteiger partial charge on any atom is -0.461 e. The number of ether oxygens (including phenoxy) is 1. The molecule has 6 nitrogen and oxygen atoms in total.